The molecule has 0 unspecified atom stereocenters. The van der Waals surface area contributed by atoms with Crippen molar-refractivity contribution in [2.24, 2.45) is 0 Å². The van der Waals surface area contributed by atoms with Crippen LogP contribution in [0.4, 0.5) is 5.69 Å². The second kappa shape index (κ2) is 6.40. The molecular weight excluding hydrogens is 326 g/mol. The normalized spacial score (nSPS) is 11.2. The highest BCUT2D eigenvalue weighted by Gasteiger charge is 2.09. The molecule has 116 valence electrons. The number of hydrogen-bond acceptors (Lipinski definition) is 6. The van der Waals surface area contributed by atoms with E-state index in [1.165, 1.54) is 23.5 Å². The highest BCUT2D eigenvalue weighted by molar-refractivity contribution is 7.19. The lowest BCUT2D eigenvalue weighted by atomic mass is 10.1. The minimum absolute atomic E-state index is 0.0286. The van der Waals surface area contributed by atoms with Crippen molar-refractivity contribution in [3.8, 4) is 6.07 Å². The molecule has 0 aliphatic carbocycles. The Bertz CT molecular complexity index is 1060. The van der Waals surface area contributed by atoms with Gasteiger partial charge in [-0.25, -0.2) is 0 Å². The Hall–Kier alpha value is -3.37. The van der Waals surface area contributed by atoms with E-state index in [4.69, 9.17) is 0 Å². The summed E-state index contributed by atoms with van der Waals surface area (Å²) in [4.78, 5) is 26.2. The van der Waals surface area contributed by atoms with Crippen LogP contribution in [0.2, 0.25) is 0 Å². The Balaban J connectivity index is 2.07. The molecule has 0 amide bonds. The third-order valence-electron chi connectivity index (χ3n) is 3.29. The second-order valence-electron chi connectivity index (χ2n) is 4.84. The Labute approximate surface area is 140 Å². The third kappa shape index (κ3) is 3.04. The molecule has 0 fully saturated rings. The van der Waals surface area contributed by atoms with Crippen molar-refractivity contribution in [1.29, 1.82) is 5.26 Å². The standard InChI is InChI=1S/C17H9N3O3S/c18-10-12(9-11-5-7-13(8-6-11)20(22)23)17-19-16(21)14-3-1-2-4-15(14)24-17/h1-9H. The number of hydrogen-bond donors (Lipinski definition) is 0. The van der Waals surface area contributed by atoms with Gasteiger partial charge in [0.05, 0.1) is 15.9 Å². The molecule has 6 nitrogen and oxygen atoms in total. The van der Waals surface area contributed by atoms with E-state index in [2.05, 4.69) is 4.98 Å². The maximum atomic E-state index is 12.1. The highest BCUT2D eigenvalue weighted by Crippen LogP contribution is 2.24. The van der Waals surface area contributed by atoms with Crippen molar-refractivity contribution >= 4 is 38.8 Å². The van der Waals surface area contributed by atoms with E-state index in [1.807, 2.05) is 12.1 Å². The van der Waals surface area contributed by atoms with Gasteiger partial charge in [-0.15, -0.1) is 11.3 Å². The Morgan fingerprint density at radius 1 is 1.21 bits per heavy atom. The van der Waals surface area contributed by atoms with Crippen molar-refractivity contribution in [1.82, 2.24) is 4.98 Å². The number of benzene rings is 2. The Morgan fingerprint density at radius 2 is 1.92 bits per heavy atom. The maximum absolute atomic E-state index is 12.1. The number of fused-ring (bicyclic) bond motifs is 1. The number of non-ortho nitro benzene ring substituents is 1. The van der Waals surface area contributed by atoms with Crippen molar-refractivity contribution < 1.29 is 4.92 Å². The maximum Gasteiger partial charge on any atom is 0.279 e. The number of allylic oxidation sites excluding steroid dienone is 1. The number of rotatable bonds is 3. The summed E-state index contributed by atoms with van der Waals surface area (Å²) in [6, 6.07) is 14.9. The minimum atomic E-state index is -0.491. The van der Waals surface area contributed by atoms with Gasteiger partial charge < -0.3 is 0 Å². The van der Waals surface area contributed by atoms with E-state index in [1.54, 1.807) is 36.4 Å². The van der Waals surface area contributed by atoms with Crippen molar-refractivity contribution in [2.45, 2.75) is 0 Å². The number of nitro benzene ring substituents is 1. The Kier molecular flexibility index (Phi) is 4.14. The number of nitro groups is 1. The van der Waals surface area contributed by atoms with Gasteiger partial charge in [-0.1, -0.05) is 12.1 Å². The predicted molar refractivity (Wildman–Crippen MR) is 92.5 cm³/mol. The van der Waals surface area contributed by atoms with Crippen LogP contribution in [0.15, 0.2) is 53.3 Å². The molecule has 0 N–H and O–H groups in total. The van der Waals surface area contributed by atoms with Gasteiger partial charge in [-0.05, 0) is 35.9 Å². The topological polar surface area (TPSA) is 96.9 Å². The predicted octanol–water partition coefficient (Wildman–Crippen LogP) is 3.63. The van der Waals surface area contributed by atoms with Crippen molar-refractivity contribution in [2.75, 3.05) is 0 Å². The SMILES string of the molecule is N#CC(=Cc1ccc([N+](=O)[O-])cc1)c1nc(=O)c2ccccc2s1. The molecule has 3 rings (SSSR count). The zero-order valence-corrected chi connectivity index (χ0v) is 13.0. The summed E-state index contributed by atoms with van der Waals surface area (Å²) in [5.41, 5.74) is 0.437. The van der Waals surface area contributed by atoms with E-state index in [-0.39, 0.29) is 16.8 Å². The van der Waals surface area contributed by atoms with Crippen molar-refractivity contribution in [3.63, 3.8) is 0 Å². The molecule has 0 aliphatic heterocycles. The number of nitrogens with zero attached hydrogens (tertiary/aromatic N) is 3. The number of nitriles is 1. The van der Waals surface area contributed by atoms with Crippen molar-refractivity contribution in [3.05, 3.63) is 79.6 Å². The zero-order chi connectivity index (χ0) is 17.1. The lowest BCUT2D eigenvalue weighted by Gasteiger charge is -2.00. The summed E-state index contributed by atoms with van der Waals surface area (Å²) >= 11 is 1.25. The molecule has 0 spiro atoms. The van der Waals surface area contributed by atoms with Gasteiger partial charge in [-0.2, -0.15) is 10.2 Å². The van der Waals surface area contributed by atoms with Crippen LogP contribution >= 0.6 is 11.3 Å². The van der Waals surface area contributed by atoms with Crippen LogP contribution in [-0.4, -0.2) is 9.91 Å². The summed E-state index contributed by atoms with van der Waals surface area (Å²) in [6.45, 7) is 0. The molecule has 0 aliphatic rings. The van der Waals surface area contributed by atoms with Crippen LogP contribution in [0.5, 0.6) is 0 Å². The monoisotopic (exact) mass is 335 g/mol. The summed E-state index contributed by atoms with van der Waals surface area (Å²) in [7, 11) is 0. The smallest absolute Gasteiger partial charge is 0.267 e. The fourth-order valence-electron chi connectivity index (χ4n) is 2.13. The third-order valence-corrected chi connectivity index (χ3v) is 4.37. The van der Waals surface area contributed by atoms with Crippen LogP contribution in [0, 0.1) is 21.4 Å². The average molecular weight is 335 g/mol. The molecule has 7 heteroatoms. The van der Waals surface area contributed by atoms with Gasteiger partial charge in [0.25, 0.3) is 11.2 Å². The molecule has 3 aromatic rings. The van der Waals surface area contributed by atoms with Crippen LogP contribution in [0.25, 0.3) is 21.7 Å². The van der Waals surface area contributed by atoms with E-state index in [0.717, 1.165) is 4.70 Å². The van der Waals surface area contributed by atoms with Gasteiger partial charge in [0, 0.05) is 16.8 Å². The van der Waals surface area contributed by atoms with E-state index >= 15 is 0 Å². The first-order valence-electron chi connectivity index (χ1n) is 6.85. The van der Waals surface area contributed by atoms with E-state index in [9.17, 15) is 20.2 Å². The van der Waals surface area contributed by atoms with Gasteiger partial charge in [0.2, 0.25) is 0 Å². The summed E-state index contributed by atoms with van der Waals surface area (Å²) in [6.07, 6.45) is 1.55. The van der Waals surface area contributed by atoms with Gasteiger partial charge in [0.15, 0.2) is 0 Å². The van der Waals surface area contributed by atoms with Crippen LogP contribution < -0.4 is 5.56 Å². The lowest BCUT2D eigenvalue weighted by molar-refractivity contribution is -0.384. The first kappa shape index (κ1) is 15.5. The van der Waals surface area contributed by atoms with Crippen LogP contribution in [0.3, 0.4) is 0 Å². The molecule has 0 atom stereocenters. The fraction of sp³-hybridized carbons (Fsp3) is 0. The molecule has 0 saturated heterocycles. The van der Waals surface area contributed by atoms with E-state index in [0.29, 0.717) is 16.0 Å². The first-order chi connectivity index (χ1) is 11.6. The molecule has 1 aromatic heterocycles. The summed E-state index contributed by atoms with van der Waals surface area (Å²) in [5.74, 6) is 0. The zero-order valence-electron chi connectivity index (χ0n) is 12.2. The van der Waals surface area contributed by atoms with Gasteiger partial charge in [-0.3, -0.25) is 14.9 Å². The highest BCUT2D eigenvalue weighted by atomic mass is 32.1. The first-order valence-corrected chi connectivity index (χ1v) is 7.66. The van der Waals surface area contributed by atoms with Crippen LogP contribution in [-0.2, 0) is 0 Å². The average Bonchev–Trinajstić information content (AvgIpc) is 2.60. The van der Waals surface area contributed by atoms with Gasteiger partial charge in [0.1, 0.15) is 11.1 Å². The lowest BCUT2D eigenvalue weighted by Crippen LogP contribution is -2.07. The molecule has 24 heavy (non-hydrogen) atoms. The molecular formula is C17H9N3O3S. The quantitative estimate of drug-likeness (QED) is 0.413. The molecule has 1 heterocycles. The molecule has 0 saturated carbocycles. The minimum Gasteiger partial charge on any atom is -0.267 e. The number of aromatic nitrogens is 1. The summed E-state index contributed by atoms with van der Waals surface area (Å²) in [5, 5.41) is 20.9. The molecule has 0 bridgehead atoms. The summed E-state index contributed by atoms with van der Waals surface area (Å²) < 4.78 is 0.748. The largest absolute Gasteiger partial charge is 0.279 e. The second-order valence-corrected chi connectivity index (χ2v) is 5.87. The molecule has 0 radical (unpaired) electrons. The van der Waals surface area contributed by atoms with E-state index < -0.39 is 4.92 Å². The fourth-order valence-corrected chi connectivity index (χ4v) is 3.09. The van der Waals surface area contributed by atoms with Crippen LogP contribution in [0.1, 0.15) is 10.6 Å². The Morgan fingerprint density at radius 3 is 2.58 bits per heavy atom. The van der Waals surface area contributed by atoms with Gasteiger partial charge >= 0.3 is 0 Å². The molecule has 2 aromatic carbocycles.